The molecule has 0 fully saturated rings. The summed E-state index contributed by atoms with van der Waals surface area (Å²) in [6, 6.07) is 35.9. The van der Waals surface area contributed by atoms with Crippen LogP contribution in [0, 0.1) is 0 Å². The summed E-state index contributed by atoms with van der Waals surface area (Å²) in [4.78, 5) is 30.6. The van der Waals surface area contributed by atoms with Crippen molar-refractivity contribution in [3.05, 3.63) is 126 Å². The molecule has 0 radical (unpaired) electrons. The number of amides is 2. The number of anilines is 2. The van der Waals surface area contributed by atoms with Gasteiger partial charge in [-0.25, -0.2) is 9.59 Å². The zero-order valence-corrected chi connectivity index (χ0v) is 29.7. The van der Waals surface area contributed by atoms with Gasteiger partial charge in [0, 0.05) is 43.5 Å². The molecule has 0 heterocycles. The summed E-state index contributed by atoms with van der Waals surface area (Å²) in [5.41, 5.74) is 4.89. The first kappa shape index (κ1) is 38.0. The van der Waals surface area contributed by atoms with Gasteiger partial charge in [-0.15, -0.1) is 0 Å². The number of rotatable bonds is 18. The molecule has 0 aliphatic heterocycles. The molecule has 0 aliphatic carbocycles. The first-order valence-electron chi connectivity index (χ1n) is 17.4. The van der Waals surface area contributed by atoms with E-state index >= 15 is 0 Å². The van der Waals surface area contributed by atoms with Gasteiger partial charge in [-0.3, -0.25) is 14.7 Å². The van der Waals surface area contributed by atoms with Crippen LogP contribution in [0.15, 0.2) is 109 Å². The summed E-state index contributed by atoms with van der Waals surface area (Å²) in [6.45, 7) is 7.14. The molecule has 0 bridgehead atoms. The quantitative estimate of drug-likeness (QED) is 0.113. The fraction of sp³-hybridized carbons (Fsp3) is 0.366. The van der Waals surface area contributed by atoms with Crippen molar-refractivity contribution in [2.75, 3.05) is 56.8 Å². The number of carbonyl (C=O) groups is 2. The fourth-order valence-electron chi connectivity index (χ4n) is 6.07. The lowest BCUT2D eigenvalue weighted by Crippen LogP contribution is -2.36. The first-order valence-corrected chi connectivity index (χ1v) is 17.4. The molecule has 0 spiro atoms. The van der Waals surface area contributed by atoms with Crippen molar-refractivity contribution in [2.24, 2.45) is 0 Å². The zero-order valence-electron chi connectivity index (χ0n) is 29.7. The topological polar surface area (TPSA) is 91.8 Å². The molecule has 9 nitrogen and oxygen atoms in total. The molecule has 0 saturated carbocycles. The normalized spacial score (nSPS) is 11.7. The lowest BCUT2D eigenvalue weighted by atomic mass is 9.88. The van der Waals surface area contributed by atoms with Gasteiger partial charge in [-0.05, 0) is 78.9 Å². The molecular weight excluding hydrogens is 630 g/mol. The smallest absolute Gasteiger partial charge is 0.413 e. The first-order chi connectivity index (χ1) is 24.4. The van der Waals surface area contributed by atoms with Gasteiger partial charge >= 0.3 is 12.2 Å². The maximum absolute atomic E-state index is 12.5. The van der Waals surface area contributed by atoms with Crippen LogP contribution in [0.2, 0.25) is 0 Å². The van der Waals surface area contributed by atoms with E-state index in [9.17, 15) is 14.7 Å². The zero-order chi connectivity index (χ0) is 35.7. The number of aliphatic hydroxyl groups excluding tert-OH is 1. The van der Waals surface area contributed by atoms with E-state index in [-0.39, 0.29) is 24.7 Å². The van der Waals surface area contributed by atoms with Gasteiger partial charge in [-0.1, -0.05) is 86.6 Å². The van der Waals surface area contributed by atoms with Crippen molar-refractivity contribution in [1.82, 2.24) is 4.90 Å². The molecule has 1 atom stereocenters. The third kappa shape index (κ3) is 11.1. The minimum atomic E-state index is -0.693. The standard InChI is InChI=1S/C41H51N3O6/c1-5-26-43(40(46)48-3)35-21-17-33(18-22-35)39(34-19-23-36(24-20-34)44(27-6-2)41(47)49-4)25-28-42(29-32-13-9-7-10-14-32)30-37(45)31-50-38-15-11-8-12-16-38/h7-24,37,39,45H,5-6,25-31H2,1-4H3/t37-/m0/s1. The van der Waals surface area contributed by atoms with Gasteiger partial charge in [0.2, 0.25) is 0 Å². The molecule has 50 heavy (non-hydrogen) atoms. The Kier molecular flexibility index (Phi) is 15.2. The van der Waals surface area contributed by atoms with Crippen LogP contribution in [0.1, 0.15) is 55.7 Å². The number of hydrogen-bond acceptors (Lipinski definition) is 7. The highest BCUT2D eigenvalue weighted by atomic mass is 16.5. The van der Waals surface area contributed by atoms with Crippen molar-refractivity contribution in [3.63, 3.8) is 0 Å². The summed E-state index contributed by atoms with van der Waals surface area (Å²) in [6.07, 6.45) is 0.878. The fourth-order valence-corrected chi connectivity index (χ4v) is 6.07. The van der Waals surface area contributed by atoms with Crippen molar-refractivity contribution in [3.8, 4) is 5.75 Å². The van der Waals surface area contributed by atoms with Crippen LogP contribution in [0.4, 0.5) is 21.0 Å². The Labute approximate surface area is 297 Å². The third-order valence-corrected chi connectivity index (χ3v) is 8.54. The molecule has 4 aromatic rings. The van der Waals surface area contributed by atoms with Crippen LogP contribution in [0.5, 0.6) is 5.75 Å². The molecule has 266 valence electrons. The van der Waals surface area contributed by atoms with Crippen LogP contribution in [-0.4, -0.2) is 75.3 Å². The molecule has 9 heteroatoms. The van der Waals surface area contributed by atoms with Crippen LogP contribution in [-0.2, 0) is 16.0 Å². The summed E-state index contributed by atoms with van der Waals surface area (Å²) in [7, 11) is 2.79. The number of aliphatic hydroxyl groups is 1. The van der Waals surface area contributed by atoms with Gasteiger partial charge < -0.3 is 19.3 Å². The molecule has 2 amide bonds. The number of carbonyl (C=O) groups excluding carboxylic acids is 2. The number of para-hydroxylation sites is 1. The number of nitrogens with zero attached hydrogens (tertiary/aromatic N) is 3. The summed E-state index contributed by atoms with van der Waals surface area (Å²) in [5.74, 6) is 0.715. The van der Waals surface area contributed by atoms with Crippen LogP contribution < -0.4 is 14.5 Å². The van der Waals surface area contributed by atoms with Crippen molar-refractivity contribution >= 4 is 23.6 Å². The maximum atomic E-state index is 12.5. The predicted octanol–water partition coefficient (Wildman–Crippen LogP) is 8.12. The Morgan fingerprint density at radius 2 is 1.14 bits per heavy atom. The highest BCUT2D eigenvalue weighted by Gasteiger charge is 2.22. The van der Waals surface area contributed by atoms with Gasteiger partial charge in [0.15, 0.2) is 0 Å². The van der Waals surface area contributed by atoms with Crippen LogP contribution in [0.25, 0.3) is 0 Å². The van der Waals surface area contributed by atoms with E-state index in [0.29, 0.717) is 32.7 Å². The van der Waals surface area contributed by atoms with E-state index in [1.54, 1.807) is 9.80 Å². The van der Waals surface area contributed by atoms with Gasteiger partial charge in [-0.2, -0.15) is 0 Å². The number of benzene rings is 4. The van der Waals surface area contributed by atoms with E-state index < -0.39 is 6.10 Å². The van der Waals surface area contributed by atoms with E-state index in [1.807, 2.05) is 86.6 Å². The van der Waals surface area contributed by atoms with Crippen LogP contribution in [0.3, 0.4) is 0 Å². The maximum Gasteiger partial charge on any atom is 0.413 e. The Balaban J connectivity index is 1.61. The Morgan fingerprint density at radius 3 is 1.60 bits per heavy atom. The van der Waals surface area contributed by atoms with E-state index in [2.05, 4.69) is 41.3 Å². The van der Waals surface area contributed by atoms with Crippen molar-refractivity contribution in [1.29, 1.82) is 0 Å². The Morgan fingerprint density at radius 1 is 0.660 bits per heavy atom. The molecule has 0 aliphatic rings. The second-order valence-electron chi connectivity index (χ2n) is 12.3. The largest absolute Gasteiger partial charge is 0.491 e. The minimum absolute atomic E-state index is 0.00964. The summed E-state index contributed by atoms with van der Waals surface area (Å²) in [5, 5.41) is 11.1. The molecule has 0 saturated heterocycles. The average molecular weight is 682 g/mol. The SMILES string of the molecule is CCCN(C(=O)OC)c1ccc(C(CCN(Cc2ccccc2)C[C@H](O)COc2ccccc2)c2ccc(N(CCC)C(=O)OC)cc2)cc1. The predicted molar refractivity (Wildman–Crippen MR) is 199 cm³/mol. The van der Waals surface area contributed by atoms with Gasteiger partial charge in [0.05, 0.1) is 14.2 Å². The second kappa shape index (κ2) is 20.0. The highest BCUT2D eigenvalue weighted by Crippen LogP contribution is 2.32. The molecule has 1 N–H and O–H groups in total. The monoisotopic (exact) mass is 681 g/mol. The minimum Gasteiger partial charge on any atom is -0.491 e. The summed E-state index contributed by atoms with van der Waals surface area (Å²) < 4.78 is 16.0. The second-order valence-corrected chi connectivity index (χ2v) is 12.3. The number of hydrogen-bond donors (Lipinski definition) is 1. The highest BCUT2D eigenvalue weighted by molar-refractivity contribution is 5.88. The third-order valence-electron chi connectivity index (χ3n) is 8.54. The van der Waals surface area contributed by atoms with Gasteiger partial charge in [0.25, 0.3) is 0 Å². The Bertz CT molecular complexity index is 1500. The van der Waals surface area contributed by atoms with Crippen molar-refractivity contribution < 1.29 is 28.9 Å². The van der Waals surface area contributed by atoms with E-state index in [0.717, 1.165) is 53.1 Å². The molecule has 0 unspecified atom stereocenters. The van der Waals surface area contributed by atoms with Crippen molar-refractivity contribution in [2.45, 2.75) is 51.7 Å². The molecular formula is C41H51N3O6. The molecule has 4 aromatic carbocycles. The lowest BCUT2D eigenvalue weighted by Gasteiger charge is -2.28. The van der Waals surface area contributed by atoms with E-state index in [1.165, 1.54) is 14.2 Å². The van der Waals surface area contributed by atoms with Crippen LogP contribution >= 0.6 is 0 Å². The lowest BCUT2D eigenvalue weighted by molar-refractivity contribution is 0.0647. The van der Waals surface area contributed by atoms with E-state index in [4.69, 9.17) is 14.2 Å². The average Bonchev–Trinajstić information content (AvgIpc) is 3.16. The Hall–Kier alpha value is -4.86. The number of ether oxygens (including phenoxy) is 3. The molecule has 0 aromatic heterocycles. The van der Waals surface area contributed by atoms with Gasteiger partial charge in [0.1, 0.15) is 18.5 Å². The number of methoxy groups -OCH3 is 2. The molecule has 4 rings (SSSR count). The summed E-state index contributed by atoms with van der Waals surface area (Å²) >= 11 is 0.